The second-order valence-corrected chi connectivity index (χ2v) is 5.65. The highest BCUT2D eigenvalue weighted by atomic mass is 16.5. The van der Waals surface area contributed by atoms with Crippen LogP contribution < -0.4 is 4.74 Å². The Morgan fingerprint density at radius 2 is 2.00 bits per heavy atom. The van der Waals surface area contributed by atoms with E-state index < -0.39 is 5.41 Å². The van der Waals surface area contributed by atoms with Crippen LogP contribution in [0.5, 0.6) is 5.75 Å². The van der Waals surface area contributed by atoms with Gasteiger partial charge in [0.05, 0.1) is 12.8 Å². The molecule has 0 aromatic heterocycles. The summed E-state index contributed by atoms with van der Waals surface area (Å²) in [7, 11) is 1.64. The van der Waals surface area contributed by atoms with Gasteiger partial charge in [-0.3, -0.25) is 9.79 Å². The second-order valence-electron chi connectivity index (χ2n) is 5.65. The molecule has 3 nitrogen and oxygen atoms in total. The summed E-state index contributed by atoms with van der Waals surface area (Å²) in [5.41, 5.74) is 4.08. The van der Waals surface area contributed by atoms with Crippen LogP contribution in [0.1, 0.15) is 28.4 Å². The van der Waals surface area contributed by atoms with E-state index in [1.165, 1.54) is 0 Å². The van der Waals surface area contributed by atoms with Gasteiger partial charge in [-0.15, -0.1) is 0 Å². The molecule has 2 aliphatic rings. The van der Waals surface area contributed by atoms with Crippen molar-refractivity contribution in [3.8, 4) is 5.75 Å². The van der Waals surface area contributed by atoms with Gasteiger partial charge < -0.3 is 4.74 Å². The Morgan fingerprint density at radius 3 is 2.81 bits per heavy atom. The highest BCUT2D eigenvalue weighted by Gasteiger charge is 2.52. The number of fused-ring (bicyclic) bond motifs is 3. The van der Waals surface area contributed by atoms with Crippen molar-refractivity contribution in [1.29, 1.82) is 0 Å². The zero-order valence-electron chi connectivity index (χ0n) is 12.0. The molecular weight excluding hydrogens is 262 g/mol. The van der Waals surface area contributed by atoms with E-state index in [0.29, 0.717) is 6.42 Å². The van der Waals surface area contributed by atoms with Gasteiger partial charge >= 0.3 is 0 Å². The zero-order valence-corrected chi connectivity index (χ0v) is 12.0. The van der Waals surface area contributed by atoms with Crippen LogP contribution in [0.4, 0.5) is 5.69 Å². The predicted molar refractivity (Wildman–Crippen MR) is 81.9 cm³/mol. The first kappa shape index (κ1) is 12.3. The van der Waals surface area contributed by atoms with Crippen LogP contribution in [-0.2, 0) is 11.8 Å². The zero-order chi connectivity index (χ0) is 14.6. The molecular formula is C18H15NO2. The number of para-hydroxylation sites is 1. The number of methoxy groups -OCH3 is 1. The molecule has 1 spiro atoms. The third-order valence-corrected chi connectivity index (χ3v) is 4.67. The van der Waals surface area contributed by atoms with Crippen molar-refractivity contribution >= 4 is 17.2 Å². The van der Waals surface area contributed by atoms with Crippen molar-refractivity contribution < 1.29 is 9.53 Å². The number of hydrogen-bond acceptors (Lipinski definition) is 3. The van der Waals surface area contributed by atoms with Gasteiger partial charge in [0, 0.05) is 11.3 Å². The molecule has 1 unspecified atom stereocenters. The summed E-state index contributed by atoms with van der Waals surface area (Å²) in [6, 6.07) is 13.6. The molecule has 0 N–H and O–H groups in total. The Kier molecular flexibility index (Phi) is 2.37. The predicted octanol–water partition coefficient (Wildman–Crippen LogP) is 3.48. The Morgan fingerprint density at radius 1 is 1.19 bits per heavy atom. The maximum Gasteiger partial charge on any atom is 0.179 e. The minimum absolute atomic E-state index is 0.159. The number of carbonyl (C=O) groups is 1. The molecule has 1 aliphatic carbocycles. The lowest BCUT2D eigenvalue weighted by atomic mass is 9.74. The number of aliphatic imine (C=N–C) groups is 1. The van der Waals surface area contributed by atoms with E-state index in [2.05, 4.69) is 4.99 Å². The lowest BCUT2D eigenvalue weighted by molar-refractivity contribution is 0.0946. The molecule has 1 atom stereocenters. The molecule has 1 aliphatic heterocycles. The average Bonchev–Trinajstić information content (AvgIpc) is 2.96. The molecule has 0 bridgehead atoms. The van der Waals surface area contributed by atoms with Gasteiger partial charge in [-0.2, -0.15) is 0 Å². The van der Waals surface area contributed by atoms with Crippen LogP contribution in [0.3, 0.4) is 0 Å². The van der Waals surface area contributed by atoms with Crippen LogP contribution in [-0.4, -0.2) is 18.6 Å². The third kappa shape index (κ3) is 1.43. The molecule has 3 heteroatoms. The van der Waals surface area contributed by atoms with Crippen molar-refractivity contribution in [2.75, 3.05) is 7.11 Å². The topological polar surface area (TPSA) is 38.7 Å². The van der Waals surface area contributed by atoms with Gasteiger partial charge in [0.25, 0.3) is 0 Å². The summed E-state index contributed by atoms with van der Waals surface area (Å²) in [6.07, 6.45) is 0.671. The summed E-state index contributed by atoms with van der Waals surface area (Å²) < 4.78 is 5.28. The standard InChI is InChI=1S/C18H15NO2/c1-11-18(15-5-3-4-6-16(15)19-11)10-12-9-13(21-2)7-8-14(12)17(18)20/h3-9H,10H2,1-2H3. The number of Topliss-reactive ketones (excluding diaryl/α,β-unsaturated/α-hetero) is 1. The first-order valence-corrected chi connectivity index (χ1v) is 7.04. The molecule has 2 aromatic carbocycles. The van der Waals surface area contributed by atoms with Crippen LogP contribution in [0.2, 0.25) is 0 Å². The maximum atomic E-state index is 13.1. The van der Waals surface area contributed by atoms with E-state index in [0.717, 1.165) is 33.8 Å². The minimum atomic E-state index is -0.606. The maximum absolute atomic E-state index is 13.1. The normalized spacial score (nSPS) is 22.2. The average molecular weight is 277 g/mol. The Bertz CT molecular complexity index is 807. The van der Waals surface area contributed by atoms with E-state index in [4.69, 9.17) is 4.74 Å². The van der Waals surface area contributed by atoms with Gasteiger partial charge in [0.2, 0.25) is 0 Å². The molecule has 0 saturated carbocycles. The summed E-state index contributed by atoms with van der Waals surface area (Å²) in [4.78, 5) is 17.7. The van der Waals surface area contributed by atoms with E-state index in [9.17, 15) is 4.79 Å². The number of nitrogens with zero attached hydrogens (tertiary/aromatic N) is 1. The van der Waals surface area contributed by atoms with Crippen molar-refractivity contribution in [2.24, 2.45) is 4.99 Å². The molecule has 21 heavy (non-hydrogen) atoms. The molecule has 0 amide bonds. The van der Waals surface area contributed by atoms with Gasteiger partial charge in [0.1, 0.15) is 11.2 Å². The molecule has 0 saturated heterocycles. The fraction of sp³-hybridized carbons (Fsp3) is 0.222. The van der Waals surface area contributed by atoms with Crippen LogP contribution in [0, 0.1) is 0 Å². The van der Waals surface area contributed by atoms with E-state index in [1.807, 2.05) is 49.4 Å². The van der Waals surface area contributed by atoms with Crippen molar-refractivity contribution in [3.05, 3.63) is 59.2 Å². The molecule has 2 aromatic rings. The van der Waals surface area contributed by atoms with Crippen molar-refractivity contribution in [3.63, 3.8) is 0 Å². The van der Waals surface area contributed by atoms with Gasteiger partial charge in [-0.25, -0.2) is 0 Å². The van der Waals surface area contributed by atoms with Gasteiger partial charge in [0.15, 0.2) is 5.78 Å². The van der Waals surface area contributed by atoms with E-state index >= 15 is 0 Å². The minimum Gasteiger partial charge on any atom is -0.497 e. The first-order chi connectivity index (χ1) is 10.2. The molecule has 0 radical (unpaired) electrons. The fourth-order valence-corrected chi connectivity index (χ4v) is 3.57. The molecule has 1 heterocycles. The van der Waals surface area contributed by atoms with Crippen LogP contribution >= 0.6 is 0 Å². The number of ketones is 1. The Labute approximate surface area is 123 Å². The quantitative estimate of drug-likeness (QED) is 0.800. The van der Waals surface area contributed by atoms with Gasteiger partial charge in [-0.1, -0.05) is 18.2 Å². The van der Waals surface area contributed by atoms with E-state index in [1.54, 1.807) is 7.11 Å². The number of carbonyl (C=O) groups excluding carboxylic acids is 1. The monoisotopic (exact) mass is 277 g/mol. The number of ether oxygens (including phenoxy) is 1. The lowest BCUT2D eigenvalue weighted by Crippen LogP contribution is -2.37. The van der Waals surface area contributed by atoms with Crippen molar-refractivity contribution in [1.82, 2.24) is 0 Å². The highest BCUT2D eigenvalue weighted by molar-refractivity contribution is 6.26. The van der Waals surface area contributed by atoms with Gasteiger partial charge in [-0.05, 0) is 48.7 Å². The summed E-state index contributed by atoms with van der Waals surface area (Å²) >= 11 is 0. The molecule has 0 fully saturated rings. The van der Waals surface area contributed by atoms with E-state index in [-0.39, 0.29) is 5.78 Å². The summed E-state index contributed by atoms with van der Waals surface area (Å²) in [5, 5.41) is 0. The molecule has 104 valence electrons. The largest absolute Gasteiger partial charge is 0.497 e. The smallest absolute Gasteiger partial charge is 0.179 e. The van der Waals surface area contributed by atoms with Crippen LogP contribution in [0.25, 0.3) is 0 Å². The van der Waals surface area contributed by atoms with Crippen LogP contribution in [0.15, 0.2) is 47.5 Å². The Balaban J connectivity index is 1.93. The third-order valence-electron chi connectivity index (χ3n) is 4.67. The summed E-state index contributed by atoms with van der Waals surface area (Å²) in [6.45, 7) is 1.96. The number of rotatable bonds is 1. The molecule has 4 rings (SSSR count). The number of hydrogen-bond donors (Lipinski definition) is 0. The van der Waals surface area contributed by atoms with Crippen molar-refractivity contribution in [2.45, 2.75) is 18.8 Å². The number of benzene rings is 2. The second kappa shape index (κ2) is 4.04. The lowest BCUT2D eigenvalue weighted by Gasteiger charge is -2.23. The first-order valence-electron chi connectivity index (χ1n) is 7.04. The Hall–Kier alpha value is -2.42. The fourth-order valence-electron chi connectivity index (χ4n) is 3.57. The summed E-state index contributed by atoms with van der Waals surface area (Å²) in [5.74, 6) is 0.950. The highest BCUT2D eigenvalue weighted by Crippen LogP contribution is 2.49. The SMILES string of the molecule is COc1ccc2c(c1)CC1(C2=O)C(C)=Nc2ccccc21.